The van der Waals surface area contributed by atoms with Crippen LogP contribution >= 0.6 is 0 Å². The second-order valence-corrected chi connectivity index (χ2v) is 7.04. The fraction of sp³-hybridized carbons (Fsp3) is 0.333. The largest absolute Gasteiger partial charge is 0.217 e. The number of allylic oxidation sites excluding steroid dienone is 2. The predicted octanol–water partition coefficient (Wildman–Crippen LogP) is 7.32. The molecule has 0 aromatic heterocycles. The summed E-state index contributed by atoms with van der Waals surface area (Å²) in [5.41, 5.74) is 3.72. The van der Waals surface area contributed by atoms with Crippen molar-refractivity contribution < 1.29 is 8.78 Å². The lowest BCUT2D eigenvalue weighted by atomic mass is 10.0. The Hall–Kier alpha value is -2.84. The quantitative estimate of drug-likeness (QED) is 0.343. The van der Waals surface area contributed by atoms with Crippen LogP contribution in [0.2, 0.25) is 0 Å². The molecular formula is C27H28F2. The van der Waals surface area contributed by atoms with E-state index in [0.29, 0.717) is 11.1 Å². The minimum absolute atomic E-state index is 0.642. The number of rotatable bonds is 7. The first-order valence-electron chi connectivity index (χ1n) is 10.4. The molecule has 0 N–H and O–H groups in total. The molecule has 0 aliphatic rings. The monoisotopic (exact) mass is 390 g/mol. The first-order chi connectivity index (χ1) is 14.1. The Morgan fingerprint density at radius 2 is 1.14 bits per heavy atom. The highest BCUT2D eigenvalue weighted by molar-refractivity contribution is 5.45. The average Bonchev–Trinajstić information content (AvgIpc) is 2.76. The van der Waals surface area contributed by atoms with Crippen LogP contribution in [0.5, 0.6) is 0 Å². The van der Waals surface area contributed by atoms with Gasteiger partial charge in [0.25, 0.3) is 0 Å². The van der Waals surface area contributed by atoms with Gasteiger partial charge in [0.15, 0.2) is 0 Å². The molecule has 150 valence electrons. The lowest BCUT2D eigenvalue weighted by Crippen LogP contribution is -1.86. The van der Waals surface area contributed by atoms with Gasteiger partial charge in [-0.15, -0.1) is 0 Å². The zero-order chi connectivity index (χ0) is 20.9. The van der Waals surface area contributed by atoms with Crippen LogP contribution in [0.3, 0.4) is 0 Å². The molecular weight excluding hydrogens is 362 g/mol. The van der Waals surface area contributed by atoms with Crippen molar-refractivity contribution >= 4 is 0 Å². The second kappa shape index (κ2) is 12.6. The van der Waals surface area contributed by atoms with Gasteiger partial charge in [0.05, 0.1) is 0 Å². The van der Waals surface area contributed by atoms with Crippen molar-refractivity contribution in [3.8, 4) is 23.7 Å². The van der Waals surface area contributed by atoms with Gasteiger partial charge in [-0.2, -0.15) is 8.78 Å². The Balaban J connectivity index is 1.94. The maximum atomic E-state index is 13.9. The Bertz CT molecular complexity index is 911. The van der Waals surface area contributed by atoms with Crippen LogP contribution in [0.25, 0.3) is 0 Å². The van der Waals surface area contributed by atoms with Gasteiger partial charge in [-0.05, 0) is 66.5 Å². The molecule has 2 heteroatoms. The van der Waals surface area contributed by atoms with E-state index < -0.39 is 11.7 Å². The van der Waals surface area contributed by atoms with E-state index in [1.165, 1.54) is 43.2 Å². The number of aryl methyl sites for hydroxylation is 2. The Kier molecular flexibility index (Phi) is 9.74. The fourth-order valence-electron chi connectivity index (χ4n) is 2.88. The molecule has 0 radical (unpaired) electrons. The summed E-state index contributed by atoms with van der Waals surface area (Å²) in [5, 5.41) is 0. The summed E-state index contributed by atoms with van der Waals surface area (Å²) in [4.78, 5) is 0. The van der Waals surface area contributed by atoms with Crippen LogP contribution < -0.4 is 0 Å². The summed E-state index contributed by atoms with van der Waals surface area (Å²) < 4.78 is 27.7. The van der Waals surface area contributed by atoms with E-state index in [0.717, 1.165) is 12.8 Å². The lowest BCUT2D eigenvalue weighted by molar-refractivity contribution is 0.584. The molecule has 0 nitrogen and oxygen atoms in total. The van der Waals surface area contributed by atoms with Gasteiger partial charge < -0.3 is 0 Å². The average molecular weight is 391 g/mol. The van der Waals surface area contributed by atoms with Crippen LogP contribution in [-0.4, -0.2) is 0 Å². The predicted molar refractivity (Wildman–Crippen MR) is 118 cm³/mol. The van der Waals surface area contributed by atoms with Gasteiger partial charge in [0, 0.05) is 11.1 Å². The van der Waals surface area contributed by atoms with E-state index in [1.54, 1.807) is 12.1 Å². The maximum absolute atomic E-state index is 13.9. The highest BCUT2D eigenvalue weighted by Gasteiger charge is 2.00. The summed E-state index contributed by atoms with van der Waals surface area (Å²) in [6.07, 6.45) is 8.20. The fourth-order valence-corrected chi connectivity index (χ4v) is 2.88. The summed E-state index contributed by atoms with van der Waals surface area (Å²) in [6.45, 7) is 4.26. The van der Waals surface area contributed by atoms with Crippen molar-refractivity contribution in [3.63, 3.8) is 0 Å². The molecule has 0 unspecified atom stereocenters. The maximum Gasteiger partial charge on any atom is 0.217 e. The number of unbranched alkanes of at least 4 members (excludes halogenated alkanes) is 4. The minimum Gasteiger partial charge on any atom is -0.193 e. The number of hydrogen-bond donors (Lipinski definition) is 0. The standard InChI is InChI=1S/C27H28F2/c1-3-5-6-7-8-9-23-14-16-25(17-15-23)19-21-27(29)26(28)20-18-24-12-10-22(4-2)11-13-24/h10-17H,3-9H2,1-2H3. The number of hydrogen-bond acceptors (Lipinski definition) is 0. The van der Waals surface area contributed by atoms with Gasteiger partial charge >= 0.3 is 0 Å². The molecule has 2 aromatic carbocycles. The Morgan fingerprint density at radius 1 is 0.655 bits per heavy atom. The Labute approximate surface area is 174 Å². The first kappa shape index (κ1) is 22.4. The molecule has 2 rings (SSSR count). The highest BCUT2D eigenvalue weighted by atomic mass is 19.2. The van der Waals surface area contributed by atoms with Crippen LogP contribution in [0, 0.1) is 23.7 Å². The SMILES string of the molecule is CCCCCCCc1ccc(C#CC(F)=C(F)C#Cc2ccc(CC)cc2)cc1. The van der Waals surface area contributed by atoms with Crippen molar-refractivity contribution in [2.45, 2.75) is 58.8 Å². The molecule has 0 saturated carbocycles. The molecule has 0 heterocycles. The Morgan fingerprint density at radius 3 is 1.62 bits per heavy atom. The molecule has 0 aliphatic carbocycles. The molecule has 2 aromatic rings. The normalized spacial score (nSPS) is 11.0. The zero-order valence-corrected chi connectivity index (χ0v) is 17.3. The summed E-state index contributed by atoms with van der Waals surface area (Å²) >= 11 is 0. The smallest absolute Gasteiger partial charge is 0.193 e. The molecule has 0 atom stereocenters. The van der Waals surface area contributed by atoms with Gasteiger partial charge in [-0.1, -0.05) is 75.6 Å². The van der Waals surface area contributed by atoms with E-state index in [9.17, 15) is 8.78 Å². The van der Waals surface area contributed by atoms with E-state index in [4.69, 9.17) is 0 Å². The molecule has 0 fully saturated rings. The van der Waals surface area contributed by atoms with E-state index in [2.05, 4.69) is 37.5 Å². The van der Waals surface area contributed by atoms with Crippen molar-refractivity contribution in [2.75, 3.05) is 0 Å². The van der Waals surface area contributed by atoms with E-state index in [-0.39, 0.29) is 0 Å². The first-order valence-corrected chi connectivity index (χ1v) is 10.4. The number of halogens is 2. The van der Waals surface area contributed by atoms with Crippen molar-refractivity contribution in [2.24, 2.45) is 0 Å². The number of benzene rings is 2. The van der Waals surface area contributed by atoms with Crippen molar-refractivity contribution in [1.29, 1.82) is 0 Å². The third kappa shape index (κ3) is 8.37. The molecule has 0 bridgehead atoms. The van der Waals surface area contributed by atoms with Gasteiger partial charge in [0.1, 0.15) is 0 Å². The molecule has 0 spiro atoms. The van der Waals surface area contributed by atoms with Crippen LogP contribution in [0.4, 0.5) is 8.78 Å². The summed E-state index contributed by atoms with van der Waals surface area (Å²) in [6, 6.07) is 15.2. The van der Waals surface area contributed by atoms with Gasteiger partial charge in [-0.25, -0.2) is 0 Å². The lowest BCUT2D eigenvalue weighted by Gasteiger charge is -2.01. The topological polar surface area (TPSA) is 0 Å². The van der Waals surface area contributed by atoms with Crippen LogP contribution in [0.1, 0.15) is 68.2 Å². The minimum atomic E-state index is -1.14. The molecule has 0 saturated heterocycles. The van der Waals surface area contributed by atoms with Crippen LogP contribution in [-0.2, 0) is 12.8 Å². The van der Waals surface area contributed by atoms with E-state index >= 15 is 0 Å². The second-order valence-electron chi connectivity index (χ2n) is 7.04. The molecule has 0 amide bonds. The van der Waals surface area contributed by atoms with E-state index in [1.807, 2.05) is 36.4 Å². The zero-order valence-electron chi connectivity index (χ0n) is 17.3. The third-order valence-corrected chi connectivity index (χ3v) is 4.71. The van der Waals surface area contributed by atoms with Gasteiger partial charge in [-0.3, -0.25) is 0 Å². The third-order valence-electron chi connectivity index (χ3n) is 4.71. The van der Waals surface area contributed by atoms with Gasteiger partial charge in [0.2, 0.25) is 11.7 Å². The van der Waals surface area contributed by atoms with Crippen molar-refractivity contribution in [3.05, 3.63) is 82.4 Å². The summed E-state index contributed by atoms with van der Waals surface area (Å²) in [7, 11) is 0. The summed E-state index contributed by atoms with van der Waals surface area (Å²) in [5.74, 6) is 7.44. The molecule has 0 aliphatic heterocycles. The van der Waals surface area contributed by atoms with Crippen molar-refractivity contribution in [1.82, 2.24) is 0 Å². The highest BCUT2D eigenvalue weighted by Crippen LogP contribution is 2.11. The van der Waals surface area contributed by atoms with Crippen LogP contribution in [0.15, 0.2) is 60.2 Å². The molecule has 29 heavy (non-hydrogen) atoms.